The molecule has 0 fully saturated rings. The van der Waals surface area contributed by atoms with E-state index in [1.54, 1.807) is 12.5 Å². The van der Waals surface area contributed by atoms with Gasteiger partial charge >= 0.3 is 0 Å². The normalized spacial score (nSPS) is 10.7. The van der Waals surface area contributed by atoms with Crippen molar-refractivity contribution in [3.63, 3.8) is 0 Å². The van der Waals surface area contributed by atoms with Crippen LogP contribution in [0.5, 0.6) is 0 Å². The molecule has 1 rings (SSSR count). The predicted octanol–water partition coefficient (Wildman–Crippen LogP) is 1.74. The Morgan fingerprint density at radius 3 is 2.75 bits per heavy atom. The van der Waals surface area contributed by atoms with Crippen molar-refractivity contribution in [3.8, 4) is 0 Å². The third-order valence-corrected chi connectivity index (χ3v) is 1.78. The number of carbonyl (C=O) groups excluding carboxylic acids is 1. The molecule has 1 heterocycles. The van der Waals surface area contributed by atoms with Crippen LogP contribution in [0.4, 0.5) is 0 Å². The maximum Gasteiger partial charge on any atom is 0.185 e. The van der Waals surface area contributed by atoms with Crippen LogP contribution in [-0.2, 0) is 6.54 Å². The zero-order chi connectivity index (χ0) is 9.14. The quantitative estimate of drug-likeness (QED) is 0.641. The molecular weight excluding hydrogens is 152 g/mol. The molecule has 3 nitrogen and oxygen atoms in total. The highest BCUT2D eigenvalue weighted by atomic mass is 16.1. The summed E-state index contributed by atoms with van der Waals surface area (Å²) in [5, 5.41) is 0. The molecule has 0 bridgehead atoms. The minimum atomic E-state index is 0.0326. The molecule has 3 heteroatoms. The first-order valence-electron chi connectivity index (χ1n) is 4.21. The van der Waals surface area contributed by atoms with E-state index in [2.05, 4.69) is 4.98 Å². The predicted molar refractivity (Wildman–Crippen MR) is 47.1 cm³/mol. The number of aromatic nitrogens is 2. The smallest absolute Gasteiger partial charge is 0.185 e. The third-order valence-electron chi connectivity index (χ3n) is 1.78. The monoisotopic (exact) mass is 166 g/mol. The Balaban J connectivity index is 2.82. The van der Waals surface area contributed by atoms with Crippen molar-refractivity contribution in [2.75, 3.05) is 0 Å². The van der Waals surface area contributed by atoms with Crippen LogP contribution in [0.25, 0.3) is 0 Å². The van der Waals surface area contributed by atoms with Gasteiger partial charge in [-0.15, -0.1) is 0 Å². The maximum absolute atomic E-state index is 11.4. The lowest BCUT2D eigenvalue weighted by Crippen LogP contribution is -2.07. The number of hydrogen-bond acceptors (Lipinski definition) is 2. The minimum absolute atomic E-state index is 0.0326. The lowest BCUT2D eigenvalue weighted by molar-refractivity contribution is 0.0935. The molecule has 0 aromatic carbocycles. The SMILES string of the molecule is CCn1cnc(C(=O)C(C)C)c1. The highest BCUT2D eigenvalue weighted by Crippen LogP contribution is 2.05. The molecule has 0 saturated carbocycles. The van der Waals surface area contributed by atoms with Crippen LogP contribution in [0, 0.1) is 5.92 Å². The molecule has 1 aromatic heterocycles. The standard InChI is InChI=1S/C9H14N2O/c1-4-11-5-8(10-6-11)9(12)7(2)3/h5-7H,4H2,1-3H3. The highest BCUT2D eigenvalue weighted by molar-refractivity contribution is 5.95. The van der Waals surface area contributed by atoms with E-state index in [4.69, 9.17) is 0 Å². The highest BCUT2D eigenvalue weighted by Gasteiger charge is 2.12. The van der Waals surface area contributed by atoms with E-state index in [0.29, 0.717) is 5.69 Å². The first kappa shape index (κ1) is 8.97. The van der Waals surface area contributed by atoms with Crippen molar-refractivity contribution in [1.29, 1.82) is 0 Å². The Morgan fingerprint density at radius 1 is 1.67 bits per heavy atom. The van der Waals surface area contributed by atoms with Gasteiger partial charge in [-0.3, -0.25) is 4.79 Å². The Hall–Kier alpha value is -1.12. The van der Waals surface area contributed by atoms with Gasteiger partial charge in [-0.25, -0.2) is 4.98 Å². The lowest BCUT2D eigenvalue weighted by Gasteiger charge is -1.98. The van der Waals surface area contributed by atoms with Crippen LogP contribution in [0.1, 0.15) is 31.3 Å². The number of rotatable bonds is 3. The van der Waals surface area contributed by atoms with Crippen LogP contribution in [0.15, 0.2) is 12.5 Å². The van der Waals surface area contributed by atoms with E-state index in [1.807, 2.05) is 25.3 Å². The van der Waals surface area contributed by atoms with Crippen LogP contribution < -0.4 is 0 Å². The molecule has 0 aliphatic carbocycles. The zero-order valence-electron chi connectivity index (χ0n) is 7.74. The van der Waals surface area contributed by atoms with Gasteiger partial charge in [-0.05, 0) is 6.92 Å². The molecule has 12 heavy (non-hydrogen) atoms. The average molecular weight is 166 g/mol. The summed E-state index contributed by atoms with van der Waals surface area (Å²) < 4.78 is 1.90. The van der Waals surface area contributed by atoms with E-state index < -0.39 is 0 Å². The van der Waals surface area contributed by atoms with Crippen LogP contribution in [0.3, 0.4) is 0 Å². The summed E-state index contributed by atoms with van der Waals surface area (Å²) in [6.07, 6.45) is 3.48. The summed E-state index contributed by atoms with van der Waals surface area (Å²) in [4.78, 5) is 15.4. The third kappa shape index (κ3) is 1.72. The molecule has 0 aliphatic rings. The first-order valence-corrected chi connectivity index (χ1v) is 4.21. The summed E-state index contributed by atoms with van der Waals surface area (Å²) in [5.74, 6) is 0.146. The van der Waals surface area contributed by atoms with Crippen LogP contribution >= 0.6 is 0 Å². The Kier molecular flexibility index (Phi) is 2.63. The summed E-state index contributed by atoms with van der Waals surface area (Å²) >= 11 is 0. The second-order valence-electron chi connectivity index (χ2n) is 3.11. The van der Waals surface area contributed by atoms with E-state index in [-0.39, 0.29) is 11.7 Å². The van der Waals surface area contributed by atoms with Gasteiger partial charge in [0.25, 0.3) is 0 Å². The van der Waals surface area contributed by atoms with E-state index in [1.165, 1.54) is 0 Å². The van der Waals surface area contributed by atoms with Crippen molar-refractivity contribution >= 4 is 5.78 Å². The zero-order valence-corrected chi connectivity index (χ0v) is 7.74. The van der Waals surface area contributed by atoms with E-state index in [0.717, 1.165) is 6.54 Å². The number of aryl methyl sites for hydroxylation is 1. The van der Waals surface area contributed by atoms with E-state index >= 15 is 0 Å². The fraction of sp³-hybridized carbons (Fsp3) is 0.556. The molecule has 0 spiro atoms. The Morgan fingerprint density at radius 2 is 2.33 bits per heavy atom. The van der Waals surface area contributed by atoms with Gasteiger partial charge in [0.05, 0.1) is 6.33 Å². The molecule has 0 atom stereocenters. The molecule has 0 radical (unpaired) electrons. The van der Waals surface area contributed by atoms with Crippen LogP contribution in [0.2, 0.25) is 0 Å². The molecule has 0 N–H and O–H groups in total. The van der Waals surface area contributed by atoms with Crippen molar-refractivity contribution < 1.29 is 4.79 Å². The molecular formula is C9H14N2O. The summed E-state index contributed by atoms with van der Waals surface area (Å²) in [6.45, 7) is 6.64. The molecule has 0 saturated heterocycles. The Labute approximate surface area is 72.4 Å². The fourth-order valence-electron chi connectivity index (χ4n) is 0.956. The average Bonchev–Trinajstić information content (AvgIpc) is 2.50. The largest absolute Gasteiger partial charge is 0.337 e. The molecule has 0 aliphatic heterocycles. The summed E-state index contributed by atoms with van der Waals surface area (Å²) in [7, 11) is 0. The second kappa shape index (κ2) is 3.52. The minimum Gasteiger partial charge on any atom is -0.337 e. The number of ketones is 1. The number of hydrogen-bond donors (Lipinski definition) is 0. The summed E-state index contributed by atoms with van der Waals surface area (Å²) in [5.41, 5.74) is 0.576. The fourth-order valence-corrected chi connectivity index (χ4v) is 0.956. The Bertz CT molecular complexity index is 276. The number of Topliss-reactive ketones (excluding diaryl/α,β-unsaturated/α-hetero) is 1. The van der Waals surface area contributed by atoms with Gasteiger partial charge in [-0.1, -0.05) is 13.8 Å². The van der Waals surface area contributed by atoms with Gasteiger partial charge in [0.2, 0.25) is 0 Å². The topological polar surface area (TPSA) is 34.9 Å². The molecule has 0 amide bonds. The first-order chi connectivity index (χ1) is 5.65. The number of nitrogens with zero attached hydrogens (tertiary/aromatic N) is 2. The van der Waals surface area contributed by atoms with Crippen molar-refractivity contribution in [3.05, 3.63) is 18.2 Å². The molecule has 0 unspecified atom stereocenters. The van der Waals surface area contributed by atoms with Crippen molar-refractivity contribution in [2.24, 2.45) is 5.92 Å². The van der Waals surface area contributed by atoms with Crippen molar-refractivity contribution in [1.82, 2.24) is 9.55 Å². The molecule has 1 aromatic rings. The van der Waals surface area contributed by atoms with Crippen molar-refractivity contribution in [2.45, 2.75) is 27.3 Å². The van der Waals surface area contributed by atoms with Gasteiger partial charge in [0.15, 0.2) is 5.78 Å². The van der Waals surface area contributed by atoms with Gasteiger partial charge < -0.3 is 4.57 Å². The van der Waals surface area contributed by atoms with E-state index in [9.17, 15) is 4.79 Å². The van der Waals surface area contributed by atoms with Gasteiger partial charge in [0.1, 0.15) is 5.69 Å². The van der Waals surface area contributed by atoms with Gasteiger partial charge in [-0.2, -0.15) is 0 Å². The summed E-state index contributed by atoms with van der Waals surface area (Å²) in [6, 6.07) is 0. The maximum atomic E-state index is 11.4. The number of carbonyl (C=O) groups is 1. The second-order valence-corrected chi connectivity index (χ2v) is 3.11. The van der Waals surface area contributed by atoms with Gasteiger partial charge in [0, 0.05) is 18.7 Å². The lowest BCUT2D eigenvalue weighted by atomic mass is 10.1. The van der Waals surface area contributed by atoms with Crippen LogP contribution in [-0.4, -0.2) is 15.3 Å². The number of imidazole rings is 1. The molecule has 66 valence electrons.